The highest BCUT2D eigenvalue weighted by Gasteiger charge is 2.70. The van der Waals surface area contributed by atoms with Gasteiger partial charge in [-0.1, -0.05) is 69.3 Å². The van der Waals surface area contributed by atoms with Gasteiger partial charge in [-0.15, -0.1) is 0 Å². The van der Waals surface area contributed by atoms with Crippen molar-refractivity contribution in [2.75, 3.05) is 11.9 Å². The highest BCUT2D eigenvalue weighted by molar-refractivity contribution is 6.15. The number of nitrogens with one attached hydrogen (secondary N) is 2. The van der Waals surface area contributed by atoms with Crippen LogP contribution < -0.4 is 10.6 Å². The molecule has 2 aromatic carbocycles. The molecule has 2 aromatic rings. The topological polar surface area (TPSA) is 78.5 Å². The van der Waals surface area contributed by atoms with Crippen LogP contribution in [0.2, 0.25) is 0 Å². The quantitative estimate of drug-likeness (QED) is 0.714. The number of carbonyl (C=O) groups excluding carboxylic acids is 3. The lowest BCUT2D eigenvalue weighted by molar-refractivity contribution is -0.142. The van der Waals surface area contributed by atoms with Crippen LogP contribution in [0.25, 0.3) is 0 Å². The van der Waals surface area contributed by atoms with Gasteiger partial charge in [0.1, 0.15) is 5.54 Å². The summed E-state index contributed by atoms with van der Waals surface area (Å²) >= 11 is 0. The van der Waals surface area contributed by atoms with E-state index in [0.29, 0.717) is 13.0 Å². The number of likely N-dealkylation sites (tertiary alicyclic amines) is 1. The summed E-state index contributed by atoms with van der Waals surface area (Å²) in [7, 11) is 0. The number of anilines is 1. The maximum Gasteiger partial charge on any atom is 0.250 e. The van der Waals surface area contributed by atoms with Crippen molar-refractivity contribution < 1.29 is 14.4 Å². The van der Waals surface area contributed by atoms with Crippen molar-refractivity contribution >= 4 is 23.4 Å². The molecule has 32 heavy (non-hydrogen) atoms. The number of benzene rings is 2. The molecule has 2 fully saturated rings. The van der Waals surface area contributed by atoms with Crippen LogP contribution in [0.5, 0.6) is 0 Å². The summed E-state index contributed by atoms with van der Waals surface area (Å²) in [5.74, 6) is -1.80. The maximum absolute atomic E-state index is 13.7. The molecule has 4 atom stereocenters. The van der Waals surface area contributed by atoms with E-state index in [9.17, 15) is 14.4 Å². The fraction of sp³-hybridized carbons (Fsp3) is 0.423. The molecular formula is C26H29N3O3. The molecule has 0 radical (unpaired) electrons. The molecule has 5 rings (SSSR count). The Kier molecular flexibility index (Phi) is 4.93. The number of hydrogen-bond acceptors (Lipinski definition) is 4. The van der Waals surface area contributed by atoms with Crippen molar-refractivity contribution in [1.82, 2.24) is 10.2 Å². The summed E-state index contributed by atoms with van der Waals surface area (Å²) in [5, 5.41) is 6.55. The van der Waals surface area contributed by atoms with Gasteiger partial charge in [0.2, 0.25) is 17.7 Å². The zero-order valence-electron chi connectivity index (χ0n) is 18.7. The van der Waals surface area contributed by atoms with Crippen molar-refractivity contribution in [2.45, 2.75) is 45.2 Å². The summed E-state index contributed by atoms with van der Waals surface area (Å²) in [5.41, 5.74) is 2.50. The third-order valence-corrected chi connectivity index (χ3v) is 7.43. The van der Waals surface area contributed by atoms with Crippen molar-refractivity contribution in [3.05, 3.63) is 65.2 Å². The lowest BCUT2D eigenvalue weighted by Crippen LogP contribution is -2.54. The van der Waals surface area contributed by atoms with Gasteiger partial charge in [-0.2, -0.15) is 0 Å². The second-order valence-electron chi connectivity index (χ2n) is 9.44. The number of nitrogens with zero attached hydrogens (tertiary/aromatic N) is 1. The predicted molar refractivity (Wildman–Crippen MR) is 122 cm³/mol. The zero-order chi connectivity index (χ0) is 22.6. The molecule has 0 aromatic heterocycles. The van der Waals surface area contributed by atoms with E-state index in [4.69, 9.17) is 0 Å². The summed E-state index contributed by atoms with van der Waals surface area (Å²) in [4.78, 5) is 42.2. The highest BCUT2D eigenvalue weighted by atomic mass is 16.2. The normalized spacial score (nSPS) is 28.6. The van der Waals surface area contributed by atoms with Crippen LogP contribution in [0.3, 0.4) is 0 Å². The van der Waals surface area contributed by atoms with Crippen LogP contribution in [0.1, 0.15) is 37.5 Å². The molecule has 3 amide bonds. The lowest BCUT2D eigenvalue weighted by atomic mass is 9.75. The Bertz CT molecular complexity index is 1100. The third kappa shape index (κ3) is 2.78. The largest absolute Gasteiger partial charge is 0.324 e. The first-order chi connectivity index (χ1) is 15.4. The average Bonchev–Trinajstić information content (AvgIpc) is 3.38. The summed E-state index contributed by atoms with van der Waals surface area (Å²) in [6, 6.07) is 15.5. The smallest absolute Gasteiger partial charge is 0.250 e. The van der Waals surface area contributed by atoms with E-state index in [1.165, 1.54) is 4.90 Å². The first kappa shape index (κ1) is 20.9. The fourth-order valence-electron chi connectivity index (χ4n) is 5.86. The van der Waals surface area contributed by atoms with Gasteiger partial charge in [-0.25, -0.2) is 0 Å². The van der Waals surface area contributed by atoms with Gasteiger partial charge in [-0.05, 0) is 29.9 Å². The number of rotatable bonds is 5. The molecule has 3 aliphatic heterocycles. The molecule has 0 bridgehead atoms. The monoisotopic (exact) mass is 431 g/mol. The molecule has 6 heteroatoms. The van der Waals surface area contributed by atoms with Crippen molar-refractivity contribution in [2.24, 2.45) is 17.8 Å². The number of hydrogen-bond donors (Lipinski definition) is 2. The molecule has 1 spiro atoms. The van der Waals surface area contributed by atoms with E-state index < -0.39 is 17.4 Å². The molecule has 3 heterocycles. The van der Waals surface area contributed by atoms with E-state index in [1.54, 1.807) is 0 Å². The minimum absolute atomic E-state index is 0.0962. The molecule has 6 nitrogen and oxygen atoms in total. The van der Waals surface area contributed by atoms with E-state index in [0.717, 1.165) is 28.8 Å². The first-order valence-corrected chi connectivity index (χ1v) is 11.5. The van der Waals surface area contributed by atoms with E-state index in [1.807, 2.05) is 69.3 Å². The number of amides is 3. The SMILES string of the molecule is CCc1cccc2c1NC(=O)C21NC(C(C)C)C2C(=O)N(CCc3ccccc3)C(=O)C21. The Hall–Kier alpha value is -2.99. The van der Waals surface area contributed by atoms with E-state index in [2.05, 4.69) is 10.6 Å². The van der Waals surface area contributed by atoms with Crippen molar-refractivity contribution in [3.8, 4) is 0 Å². The van der Waals surface area contributed by atoms with Crippen molar-refractivity contribution in [3.63, 3.8) is 0 Å². The Morgan fingerprint density at radius 3 is 2.44 bits per heavy atom. The van der Waals surface area contributed by atoms with Crippen LogP contribution in [-0.2, 0) is 32.8 Å². The van der Waals surface area contributed by atoms with Gasteiger partial charge < -0.3 is 5.32 Å². The molecule has 3 aliphatic rings. The Balaban J connectivity index is 1.56. The standard InChI is InChI=1S/C26H29N3O3/c1-4-17-11-8-12-18-22(17)27-25(32)26(18)20-19(21(28-26)15(2)3)23(30)29(24(20)31)14-13-16-9-6-5-7-10-16/h5-12,15,19-21,28H,4,13-14H2,1-3H3,(H,27,32). The molecule has 4 unspecified atom stereocenters. The number of carbonyl (C=O) groups is 3. The first-order valence-electron chi connectivity index (χ1n) is 11.5. The van der Waals surface area contributed by atoms with Gasteiger partial charge in [-0.3, -0.25) is 24.6 Å². The summed E-state index contributed by atoms with van der Waals surface area (Å²) in [6.45, 7) is 6.45. The van der Waals surface area contributed by atoms with E-state index in [-0.39, 0.29) is 29.7 Å². The van der Waals surface area contributed by atoms with Gasteiger partial charge in [0, 0.05) is 23.8 Å². The molecule has 2 saturated heterocycles. The van der Waals surface area contributed by atoms with Gasteiger partial charge in [0.05, 0.1) is 11.8 Å². The van der Waals surface area contributed by atoms with Crippen LogP contribution in [0, 0.1) is 17.8 Å². The Morgan fingerprint density at radius 2 is 1.75 bits per heavy atom. The predicted octanol–water partition coefficient (Wildman–Crippen LogP) is 2.87. The highest BCUT2D eigenvalue weighted by Crippen LogP contribution is 2.54. The summed E-state index contributed by atoms with van der Waals surface area (Å²) in [6.07, 6.45) is 1.38. The molecule has 166 valence electrons. The number of fused-ring (bicyclic) bond motifs is 4. The molecular weight excluding hydrogens is 402 g/mol. The number of aryl methyl sites for hydroxylation is 1. The average molecular weight is 432 g/mol. The fourth-order valence-corrected chi connectivity index (χ4v) is 5.86. The van der Waals surface area contributed by atoms with E-state index >= 15 is 0 Å². The number of imide groups is 1. The number of para-hydroxylation sites is 1. The van der Waals surface area contributed by atoms with Gasteiger partial charge in [0.25, 0.3) is 0 Å². The van der Waals surface area contributed by atoms with Crippen LogP contribution in [0.4, 0.5) is 5.69 Å². The Morgan fingerprint density at radius 1 is 1.00 bits per heavy atom. The molecule has 2 N–H and O–H groups in total. The van der Waals surface area contributed by atoms with Crippen molar-refractivity contribution in [1.29, 1.82) is 0 Å². The second-order valence-corrected chi connectivity index (χ2v) is 9.44. The second kappa shape index (κ2) is 7.55. The molecule has 0 aliphatic carbocycles. The van der Waals surface area contributed by atoms with Gasteiger partial charge in [0.15, 0.2) is 0 Å². The zero-order valence-corrected chi connectivity index (χ0v) is 18.7. The van der Waals surface area contributed by atoms with Gasteiger partial charge >= 0.3 is 0 Å². The molecule has 0 saturated carbocycles. The van der Waals surface area contributed by atoms with Crippen LogP contribution in [-0.4, -0.2) is 35.2 Å². The maximum atomic E-state index is 13.7. The minimum atomic E-state index is -1.20. The summed E-state index contributed by atoms with van der Waals surface area (Å²) < 4.78 is 0. The van der Waals surface area contributed by atoms with Crippen LogP contribution >= 0.6 is 0 Å². The lowest BCUT2D eigenvalue weighted by Gasteiger charge is -2.30. The third-order valence-electron chi connectivity index (χ3n) is 7.43. The Labute approximate surface area is 188 Å². The van der Waals surface area contributed by atoms with Crippen LogP contribution in [0.15, 0.2) is 48.5 Å². The minimum Gasteiger partial charge on any atom is -0.324 e.